The molecule has 0 saturated heterocycles. The highest BCUT2D eigenvalue weighted by atomic mass is 14.8. The van der Waals surface area contributed by atoms with Gasteiger partial charge in [0, 0.05) is 6.20 Å². The van der Waals surface area contributed by atoms with Crippen LogP contribution in [0.1, 0.15) is 0 Å². The van der Waals surface area contributed by atoms with E-state index in [0.29, 0.717) is 11.4 Å². The Labute approximate surface area is 53.3 Å². The van der Waals surface area contributed by atoms with Crippen LogP contribution in [0.15, 0.2) is 23.5 Å². The molecule has 0 radical (unpaired) electrons. The molecule has 1 heterocycles. The van der Waals surface area contributed by atoms with E-state index >= 15 is 0 Å². The van der Waals surface area contributed by atoms with Crippen molar-refractivity contribution in [2.75, 3.05) is 5.73 Å². The fourth-order valence-electron chi connectivity index (χ4n) is 0.529. The summed E-state index contributed by atoms with van der Waals surface area (Å²) in [5.74, 6) is 0. The normalized spacial score (nSPS) is 8.89. The monoisotopic (exact) mass is 121 g/mol. The molecule has 0 aliphatic heterocycles. The number of aliphatic imine (C=N–C) groups is 1. The van der Waals surface area contributed by atoms with Crippen LogP contribution < -0.4 is 5.73 Å². The van der Waals surface area contributed by atoms with Crippen LogP contribution in [0, 0.1) is 0 Å². The maximum absolute atomic E-state index is 5.46. The van der Waals surface area contributed by atoms with E-state index in [-0.39, 0.29) is 0 Å². The first-order valence-electron chi connectivity index (χ1n) is 2.51. The average molecular weight is 121 g/mol. The first-order valence-corrected chi connectivity index (χ1v) is 2.51. The minimum absolute atomic E-state index is 0.611. The standard InChI is InChI=1S/C6H7N3/c1-8-6-4-9-3-2-5(6)7/h2-4H,1H2,(H2,7,9). The number of nitrogens with two attached hydrogens (primary N) is 1. The van der Waals surface area contributed by atoms with Gasteiger partial charge in [0.15, 0.2) is 0 Å². The van der Waals surface area contributed by atoms with Crippen molar-refractivity contribution in [2.45, 2.75) is 0 Å². The van der Waals surface area contributed by atoms with Crippen molar-refractivity contribution in [3.8, 4) is 0 Å². The molecule has 0 aliphatic rings. The van der Waals surface area contributed by atoms with Gasteiger partial charge in [0.2, 0.25) is 0 Å². The van der Waals surface area contributed by atoms with Gasteiger partial charge in [-0.1, -0.05) is 0 Å². The number of aromatic nitrogens is 1. The summed E-state index contributed by atoms with van der Waals surface area (Å²) in [6, 6.07) is 1.68. The topological polar surface area (TPSA) is 51.3 Å². The SMILES string of the molecule is C=Nc1cnccc1N. The number of pyridine rings is 1. The predicted molar refractivity (Wildman–Crippen MR) is 37.9 cm³/mol. The van der Waals surface area contributed by atoms with Crippen LogP contribution in [0.4, 0.5) is 11.4 Å². The highest BCUT2D eigenvalue weighted by Crippen LogP contribution is 2.17. The highest BCUT2D eigenvalue weighted by Gasteiger charge is 1.90. The Kier molecular flexibility index (Phi) is 1.44. The van der Waals surface area contributed by atoms with E-state index in [1.54, 1.807) is 18.5 Å². The molecule has 0 aromatic carbocycles. The van der Waals surface area contributed by atoms with E-state index in [2.05, 4.69) is 16.7 Å². The number of nitrogens with zero attached hydrogens (tertiary/aromatic N) is 2. The summed E-state index contributed by atoms with van der Waals surface area (Å²) in [7, 11) is 0. The van der Waals surface area contributed by atoms with Crippen LogP contribution in [0.2, 0.25) is 0 Å². The second-order valence-electron chi connectivity index (χ2n) is 1.59. The Hall–Kier alpha value is -1.38. The molecule has 46 valence electrons. The third-order valence-electron chi connectivity index (χ3n) is 1.00. The van der Waals surface area contributed by atoms with Crippen molar-refractivity contribution in [3.05, 3.63) is 18.5 Å². The summed E-state index contributed by atoms with van der Waals surface area (Å²) in [5.41, 5.74) is 6.70. The van der Waals surface area contributed by atoms with Gasteiger partial charge in [-0.25, -0.2) is 0 Å². The van der Waals surface area contributed by atoms with Crippen molar-refractivity contribution in [1.82, 2.24) is 4.98 Å². The maximum Gasteiger partial charge on any atom is 0.103 e. The van der Waals surface area contributed by atoms with Crippen LogP contribution >= 0.6 is 0 Å². The molecule has 0 aliphatic carbocycles. The van der Waals surface area contributed by atoms with Crippen molar-refractivity contribution >= 4 is 18.1 Å². The van der Waals surface area contributed by atoms with E-state index < -0.39 is 0 Å². The van der Waals surface area contributed by atoms with E-state index in [1.165, 1.54) is 0 Å². The average Bonchev–Trinajstić information content (AvgIpc) is 1.89. The molecule has 2 N–H and O–H groups in total. The summed E-state index contributed by atoms with van der Waals surface area (Å²) in [4.78, 5) is 7.44. The van der Waals surface area contributed by atoms with Crippen LogP contribution in [0.5, 0.6) is 0 Å². The number of nitrogen functional groups attached to an aromatic ring is 1. The van der Waals surface area contributed by atoms with Crippen molar-refractivity contribution in [1.29, 1.82) is 0 Å². The summed E-state index contributed by atoms with van der Waals surface area (Å²) >= 11 is 0. The van der Waals surface area contributed by atoms with Crippen LogP contribution in [0.3, 0.4) is 0 Å². The largest absolute Gasteiger partial charge is 0.397 e. The van der Waals surface area contributed by atoms with Gasteiger partial charge in [-0.05, 0) is 12.8 Å². The van der Waals surface area contributed by atoms with E-state index in [4.69, 9.17) is 5.73 Å². The Bertz CT molecular complexity index is 219. The molecule has 0 atom stereocenters. The minimum atomic E-state index is 0.611. The molecule has 0 spiro atoms. The quantitative estimate of drug-likeness (QED) is 0.563. The van der Waals surface area contributed by atoms with Gasteiger partial charge in [-0.3, -0.25) is 9.98 Å². The van der Waals surface area contributed by atoms with Gasteiger partial charge >= 0.3 is 0 Å². The predicted octanol–water partition coefficient (Wildman–Crippen LogP) is 0.996. The first kappa shape index (κ1) is 5.75. The van der Waals surface area contributed by atoms with Crippen LogP contribution in [-0.2, 0) is 0 Å². The van der Waals surface area contributed by atoms with Gasteiger partial charge in [-0.2, -0.15) is 0 Å². The molecule has 0 saturated carbocycles. The smallest absolute Gasteiger partial charge is 0.103 e. The van der Waals surface area contributed by atoms with Crippen LogP contribution in [0.25, 0.3) is 0 Å². The molecule has 0 amide bonds. The second-order valence-corrected chi connectivity index (χ2v) is 1.59. The fourth-order valence-corrected chi connectivity index (χ4v) is 0.529. The van der Waals surface area contributed by atoms with E-state index in [1.807, 2.05) is 0 Å². The Balaban J connectivity index is 3.15. The Morgan fingerprint density at radius 3 is 2.89 bits per heavy atom. The molecule has 1 rings (SSSR count). The molecular formula is C6H7N3. The molecule has 0 fully saturated rings. The van der Waals surface area contributed by atoms with Crippen molar-refractivity contribution in [3.63, 3.8) is 0 Å². The number of rotatable bonds is 1. The minimum Gasteiger partial charge on any atom is -0.397 e. The number of anilines is 1. The molecule has 1 aromatic rings. The van der Waals surface area contributed by atoms with Gasteiger partial charge in [-0.15, -0.1) is 0 Å². The summed E-state index contributed by atoms with van der Waals surface area (Å²) < 4.78 is 0. The lowest BCUT2D eigenvalue weighted by molar-refractivity contribution is 1.31. The van der Waals surface area contributed by atoms with Gasteiger partial charge in [0.05, 0.1) is 11.9 Å². The summed E-state index contributed by atoms with van der Waals surface area (Å²) in [5, 5.41) is 0. The number of hydrogen-bond acceptors (Lipinski definition) is 3. The van der Waals surface area contributed by atoms with Crippen molar-refractivity contribution < 1.29 is 0 Å². The van der Waals surface area contributed by atoms with Gasteiger partial charge < -0.3 is 5.73 Å². The van der Waals surface area contributed by atoms with Crippen LogP contribution in [-0.4, -0.2) is 11.7 Å². The fraction of sp³-hybridized carbons (Fsp3) is 0. The van der Waals surface area contributed by atoms with Gasteiger partial charge in [0.25, 0.3) is 0 Å². The second kappa shape index (κ2) is 2.26. The lowest BCUT2D eigenvalue weighted by atomic mass is 10.4. The maximum atomic E-state index is 5.46. The molecule has 9 heavy (non-hydrogen) atoms. The molecule has 0 bridgehead atoms. The molecular weight excluding hydrogens is 114 g/mol. The van der Waals surface area contributed by atoms with E-state index in [0.717, 1.165) is 0 Å². The van der Waals surface area contributed by atoms with E-state index in [9.17, 15) is 0 Å². The first-order chi connectivity index (χ1) is 4.34. The zero-order chi connectivity index (χ0) is 6.69. The molecule has 0 unspecified atom stereocenters. The number of hydrogen-bond donors (Lipinski definition) is 1. The summed E-state index contributed by atoms with van der Waals surface area (Å²) in [6.45, 7) is 3.32. The lowest BCUT2D eigenvalue weighted by Gasteiger charge is -1.93. The third kappa shape index (κ3) is 1.05. The lowest BCUT2D eigenvalue weighted by Crippen LogP contribution is -1.84. The molecule has 3 nitrogen and oxygen atoms in total. The van der Waals surface area contributed by atoms with Crippen molar-refractivity contribution in [2.24, 2.45) is 4.99 Å². The zero-order valence-corrected chi connectivity index (χ0v) is 4.91. The molecule has 1 aromatic heterocycles. The Morgan fingerprint density at radius 2 is 2.44 bits per heavy atom. The Morgan fingerprint density at radius 1 is 1.67 bits per heavy atom. The summed E-state index contributed by atoms with van der Waals surface area (Å²) in [6.07, 6.45) is 3.19. The van der Waals surface area contributed by atoms with Gasteiger partial charge in [0.1, 0.15) is 5.69 Å². The highest BCUT2D eigenvalue weighted by molar-refractivity contribution is 5.62. The third-order valence-corrected chi connectivity index (χ3v) is 1.00. The molecule has 3 heteroatoms. The zero-order valence-electron chi connectivity index (χ0n) is 4.91.